The molecule has 0 unspecified atom stereocenters. The SMILES string of the molecule is Cc1n[nH]c(=O)c(CNC(=O)[C@@H](C)N2CCCCCC2)c1C. The predicted molar refractivity (Wildman–Crippen MR) is 85.7 cm³/mol. The zero-order valence-electron chi connectivity index (χ0n) is 13.7. The Kier molecular flexibility index (Phi) is 5.71. The molecule has 22 heavy (non-hydrogen) atoms. The van der Waals surface area contributed by atoms with E-state index in [1.807, 2.05) is 20.8 Å². The van der Waals surface area contributed by atoms with E-state index in [9.17, 15) is 9.59 Å². The van der Waals surface area contributed by atoms with Crippen molar-refractivity contribution in [2.24, 2.45) is 0 Å². The number of aromatic nitrogens is 2. The van der Waals surface area contributed by atoms with Crippen LogP contribution in [0.1, 0.15) is 49.4 Å². The van der Waals surface area contributed by atoms with Crippen LogP contribution in [0, 0.1) is 13.8 Å². The maximum atomic E-state index is 12.4. The summed E-state index contributed by atoms with van der Waals surface area (Å²) in [4.78, 5) is 26.4. The van der Waals surface area contributed by atoms with Gasteiger partial charge in [0.15, 0.2) is 0 Å². The van der Waals surface area contributed by atoms with Crippen molar-refractivity contribution in [1.29, 1.82) is 0 Å². The van der Waals surface area contributed by atoms with Gasteiger partial charge < -0.3 is 5.32 Å². The zero-order chi connectivity index (χ0) is 16.1. The standard InChI is InChI=1S/C16H26N4O2/c1-11-12(2)18-19-16(22)14(11)10-17-15(21)13(3)20-8-6-4-5-7-9-20/h13H,4-10H2,1-3H3,(H,17,21)(H,19,22)/t13-/m1/s1. The maximum Gasteiger partial charge on any atom is 0.269 e. The molecule has 0 saturated carbocycles. The van der Waals surface area contributed by atoms with Crippen molar-refractivity contribution >= 4 is 5.91 Å². The fourth-order valence-electron chi connectivity index (χ4n) is 2.86. The summed E-state index contributed by atoms with van der Waals surface area (Å²) < 4.78 is 0. The largest absolute Gasteiger partial charge is 0.350 e. The van der Waals surface area contributed by atoms with Gasteiger partial charge >= 0.3 is 0 Å². The van der Waals surface area contributed by atoms with E-state index >= 15 is 0 Å². The van der Waals surface area contributed by atoms with Gasteiger partial charge in [-0.25, -0.2) is 5.10 Å². The van der Waals surface area contributed by atoms with Crippen molar-refractivity contribution in [2.45, 2.75) is 59.0 Å². The lowest BCUT2D eigenvalue weighted by Gasteiger charge is -2.26. The minimum Gasteiger partial charge on any atom is -0.350 e. The van der Waals surface area contributed by atoms with Gasteiger partial charge in [-0.05, 0) is 52.3 Å². The predicted octanol–water partition coefficient (Wildman–Crippen LogP) is 1.27. The van der Waals surface area contributed by atoms with Gasteiger partial charge in [0.1, 0.15) is 0 Å². The van der Waals surface area contributed by atoms with E-state index in [2.05, 4.69) is 20.4 Å². The molecule has 0 bridgehead atoms. The van der Waals surface area contributed by atoms with Crippen LogP contribution >= 0.6 is 0 Å². The molecule has 1 saturated heterocycles. The molecule has 1 aromatic rings. The molecular formula is C16H26N4O2. The molecule has 2 rings (SSSR count). The Balaban J connectivity index is 1.97. The van der Waals surface area contributed by atoms with Crippen LogP contribution in [0.4, 0.5) is 0 Å². The zero-order valence-corrected chi connectivity index (χ0v) is 13.7. The Labute approximate surface area is 131 Å². The number of H-pyrrole nitrogens is 1. The number of carbonyl (C=O) groups excluding carboxylic acids is 1. The van der Waals surface area contributed by atoms with E-state index in [4.69, 9.17) is 0 Å². The van der Waals surface area contributed by atoms with E-state index in [0.717, 1.165) is 37.2 Å². The molecule has 0 aliphatic carbocycles. The third-order valence-corrected chi connectivity index (χ3v) is 4.60. The van der Waals surface area contributed by atoms with Crippen molar-refractivity contribution in [3.8, 4) is 0 Å². The molecular weight excluding hydrogens is 280 g/mol. The normalized spacial score (nSPS) is 17.8. The highest BCUT2D eigenvalue weighted by Gasteiger charge is 2.22. The van der Waals surface area contributed by atoms with Crippen LogP contribution in [0.15, 0.2) is 4.79 Å². The van der Waals surface area contributed by atoms with E-state index in [1.54, 1.807) is 0 Å². The number of nitrogens with one attached hydrogen (secondary N) is 2. The van der Waals surface area contributed by atoms with E-state index in [0.29, 0.717) is 5.56 Å². The molecule has 1 fully saturated rings. The van der Waals surface area contributed by atoms with E-state index in [-0.39, 0.29) is 24.1 Å². The minimum atomic E-state index is -0.231. The quantitative estimate of drug-likeness (QED) is 0.878. The van der Waals surface area contributed by atoms with Gasteiger partial charge in [0, 0.05) is 12.1 Å². The molecule has 2 heterocycles. The number of hydrogen-bond acceptors (Lipinski definition) is 4. The fraction of sp³-hybridized carbons (Fsp3) is 0.688. The van der Waals surface area contributed by atoms with Crippen molar-refractivity contribution < 1.29 is 4.79 Å². The molecule has 0 aromatic carbocycles. The summed E-state index contributed by atoms with van der Waals surface area (Å²) in [7, 11) is 0. The van der Waals surface area contributed by atoms with Crippen LogP contribution in [0.2, 0.25) is 0 Å². The summed E-state index contributed by atoms with van der Waals surface area (Å²) in [5, 5.41) is 9.29. The van der Waals surface area contributed by atoms with Gasteiger partial charge in [-0.3, -0.25) is 14.5 Å². The second-order valence-corrected chi connectivity index (χ2v) is 6.09. The molecule has 1 aliphatic heterocycles. The first-order valence-corrected chi connectivity index (χ1v) is 8.07. The first-order chi connectivity index (χ1) is 10.5. The van der Waals surface area contributed by atoms with Crippen LogP contribution in [0.5, 0.6) is 0 Å². The number of hydrogen-bond donors (Lipinski definition) is 2. The second kappa shape index (κ2) is 7.54. The van der Waals surface area contributed by atoms with Crippen molar-refractivity contribution in [2.75, 3.05) is 13.1 Å². The van der Waals surface area contributed by atoms with Gasteiger partial charge in [0.05, 0.1) is 11.7 Å². The number of aryl methyl sites for hydroxylation is 1. The summed E-state index contributed by atoms with van der Waals surface area (Å²) >= 11 is 0. The Bertz CT molecular complexity index is 574. The van der Waals surface area contributed by atoms with Crippen LogP contribution in [0.25, 0.3) is 0 Å². The average molecular weight is 306 g/mol. The summed E-state index contributed by atoms with van der Waals surface area (Å²) in [6, 6.07) is -0.152. The highest BCUT2D eigenvalue weighted by molar-refractivity contribution is 5.81. The van der Waals surface area contributed by atoms with Crippen LogP contribution in [-0.2, 0) is 11.3 Å². The number of nitrogens with zero attached hydrogens (tertiary/aromatic N) is 2. The molecule has 1 aromatic heterocycles. The fourth-order valence-corrected chi connectivity index (χ4v) is 2.86. The Morgan fingerprint density at radius 1 is 1.27 bits per heavy atom. The average Bonchev–Trinajstić information content (AvgIpc) is 2.79. The third-order valence-electron chi connectivity index (χ3n) is 4.60. The lowest BCUT2D eigenvalue weighted by atomic mass is 10.1. The summed E-state index contributed by atoms with van der Waals surface area (Å²) in [6.07, 6.45) is 4.80. The Morgan fingerprint density at radius 2 is 1.91 bits per heavy atom. The molecule has 1 amide bonds. The Morgan fingerprint density at radius 3 is 2.55 bits per heavy atom. The monoisotopic (exact) mass is 306 g/mol. The van der Waals surface area contributed by atoms with Gasteiger partial charge in [0.25, 0.3) is 5.56 Å². The summed E-state index contributed by atoms with van der Waals surface area (Å²) in [6.45, 7) is 7.84. The van der Waals surface area contributed by atoms with Gasteiger partial charge in [0.2, 0.25) is 5.91 Å². The molecule has 1 atom stereocenters. The first kappa shape index (κ1) is 16.7. The van der Waals surface area contributed by atoms with Crippen molar-refractivity contribution in [3.63, 3.8) is 0 Å². The first-order valence-electron chi connectivity index (χ1n) is 8.07. The molecule has 122 valence electrons. The van der Waals surface area contributed by atoms with Crippen molar-refractivity contribution in [3.05, 3.63) is 27.2 Å². The van der Waals surface area contributed by atoms with Gasteiger partial charge in [-0.2, -0.15) is 5.10 Å². The highest BCUT2D eigenvalue weighted by atomic mass is 16.2. The van der Waals surface area contributed by atoms with Crippen LogP contribution < -0.4 is 10.9 Å². The lowest BCUT2D eigenvalue weighted by Crippen LogP contribution is -2.45. The molecule has 1 aliphatic rings. The number of aromatic amines is 1. The number of likely N-dealkylation sites (tertiary alicyclic amines) is 1. The van der Waals surface area contributed by atoms with E-state index in [1.165, 1.54) is 12.8 Å². The van der Waals surface area contributed by atoms with Gasteiger partial charge in [-0.1, -0.05) is 12.8 Å². The number of rotatable bonds is 4. The highest BCUT2D eigenvalue weighted by Crippen LogP contribution is 2.12. The molecule has 2 N–H and O–H groups in total. The topological polar surface area (TPSA) is 78.1 Å². The van der Waals surface area contributed by atoms with Crippen molar-refractivity contribution in [1.82, 2.24) is 20.4 Å². The molecule has 6 nitrogen and oxygen atoms in total. The lowest BCUT2D eigenvalue weighted by molar-refractivity contribution is -0.126. The van der Waals surface area contributed by atoms with Crippen LogP contribution in [-0.4, -0.2) is 40.1 Å². The smallest absolute Gasteiger partial charge is 0.269 e. The second-order valence-electron chi connectivity index (χ2n) is 6.09. The Hall–Kier alpha value is -1.69. The van der Waals surface area contributed by atoms with Crippen LogP contribution in [0.3, 0.4) is 0 Å². The van der Waals surface area contributed by atoms with Gasteiger partial charge in [-0.15, -0.1) is 0 Å². The maximum absolute atomic E-state index is 12.4. The minimum absolute atomic E-state index is 0.0184. The summed E-state index contributed by atoms with van der Waals surface area (Å²) in [5.74, 6) is -0.0184. The summed E-state index contributed by atoms with van der Waals surface area (Å²) in [5.41, 5.74) is 1.98. The molecule has 0 radical (unpaired) electrons. The number of amides is 1. The molecule has 0 spiro atoms. The van der Waals surface area contributed by atoms with E-state index < -0.39 is 0 Å². The number of carbonyl (C=O) groups is 1. The third kappa shape index (κ3) is 3.94. The molecule has 6 heteroatoms.